The summed E-state index contributed by atoms with van der Waals surface area (Å²) < 4.78 is 5.52. The fourth-order valence-electron chi connectivity index (χ4n) is 1.68. The number of aliphatic hydroxyl groups excluding tert-OH is 1. The van der Waals surface area contributed by atoms with Crippen LogP contribution in [0.1, 0.15) is 17.5 Å². The molecule has 0 heterocycles. The minimum atomic E-state index is -0.667. The third kappa shape index (κ3) is 4.79. The van der Waals surface area contributed by atoms with E-state index in [-0.39, 0.29) is 0 Å². The lowest BCUT2D eigenvalue weighted by Crippen LogP contribution is -2.09. The minimum absolute atomic E-state index is 0.452. The van der Waals surface area contributed by atoms with Crippen molar-refractivity contribution in [3.63, 3.8) is 0 Å². The SMILES string of the molecule is Cc1ccc(C#C[C@H](O)CCOc2ccccc2)cc1. The molecule has 0 bridgehead atoms. The van der Waals surface area contributed by atoms with E-state index in [1.165, 1.54) is 5.56 Å². The van der Waals surface area contributed by atoms with Crippen molar-refractivity contribution in [1.82, 2.24) is 0 Å². The number of hydrogen-bond acceptors (Lipinski definition) is 2. The van der Waals surface area contributed by atoms with E-state index < -0.39 is 6.10 Å². The van der Waals surface area contributed by atoms with Crippen LogP contribution in [-0.4, -0.2) is 17.8 Å². The van der Waals surface area contributed by atoms with E-state index in [9.17, 15) is 5.11 Å². The second-order valence-corrected chi connectivity index (χ2v) is 4.60. The first-order valence-electron chi connectivity index (χ1n) is 6.68. The number of rotatable bonds is 4. The molecule has 1 N–H and O–H groups in total. The van der Waals surface area contributed by atoms with Gasteiger partial charge >= 0.3 is 0 Å². The summed E-state index contributed by atoms with van der Waals surface area (Å²) in [7, 11) is 0. The highest BCUT2D eigenvalue weighted by atomic mass is 16.5. The molecule has 0 saturated carbocycles. The van der Waals surface area contributed by atoms with Gasteiger partial charge in [-0.3, -0.25) is 0 Å². The molecule has 0 aliphatic rings. The summed E-state index contributed by atoms with van der Waals surface area (Å²) in [5.41, 5.74) is 2.12. The van der Waals surface area contributed by atoms with Crippen molar-refractivity contribution in [3.05, 3.63) is 65.7 Å². The summed E-state index contributed by atoms with van der Waals surface area (Å²) in [6.45, 7) is 2.49. The molecule has 1 atom stereocenters. The van der Waals surface area contributed by atoms with Gasteiger partial charge in [0.25, 0.3) is 0 Å². The molecule has 0 unspecified atom stereocenters. The largest absolute Gasteiger partial charge is 0.493 e. The predicted octanol–water partition coefficient (Wildman–Crippen LogP) is 3.18. The first-order valence-corrected chi connectivity index (χ1v) is 6.68. The van der Waals surface area contributed by atoms with Gasteiger partial charge in [0.05, 0.1) is 6.61 Å². The zero-order chi connectivity index (χ0) is 14.2. The third-order valence-corrected chi connectivity index (χ3v) is 2.84. The highest BCUT2D eigenvalue weighted by Crippen LogP contribution is 2.09. The van der Waals surface area contributed by atoms with Crippen LogP contribution in [0.15, 0.2) is 54.6 Å². The van der Waals surface area contributed by atoms with Gasteiger partial charge in [0.15, 0.2) is 0 Å². The second kappa shape index (κ2) is 7.37. The molecule has 102 valence electrons. The predicted molar refractivity (Wildman–Crippen MR) is 80.6 cm³/mol. The molecular formula is C18H18O2. The fourth-order valence-corrected chi connectivity index (χ4v) is 1.68. The first-order chi connectivity index (χ1) is 9.74. The molecule has 0 amide bonds. The average molecular weight is 266 g/mol. The van der Waals surface area contributed by atoms with E-state index in [4.69, 9.17) is 4.74 Å². The van der Waals surface area contributed by atoms with Gasteiger partial charge in [-0.15, -0.1) is 0 Å². The molecule has 0 aliphatic carbocycles. The van der Waals surface area contributed by atoms with Crippen LogP contribution in [0.25, 0.3) is 0 Å². The van der Waals surface area contributed by atoms with Crippen LogP contribution in [0.2, 0.25) is 0 Å². The third-order valence-electron chi connectivity index (χ3n) is 2.84. The van der Waals surface area contributed by atoms with E-state index in [2.05, 4.69) is 11.8 Å². The number of hydrogen-bond donors (Lipinski definition) is 1. The molecule has 0 aromatic heterocycles. The Bertz CT molecular complexity index is 576. The van der Waals surface area contributed by atoms with Gasteiger partial charge in [-0.25, -0.2) is 0 Å². The molecule has 2 rings (SSSR count). The molecule has 2 aromatic carbocycles. The van der Waals surface area contributed by atoms with Gasteiger partial charge < -0.3 is 9.84 Å². The Labute approximate surface area is 120 Å². The standard InChI is InChI=1S/C18H18O2/c1-15-7-9-16(10-8-15)11-12-17(19)13-14-20-18-5-3-2-4-6-18/h2-10,17,19H,13-14H2,1H3/t17-/m0/s1. The number of benzene rings is 2. The van der Waals surface area contributed by atoms with Gasteiger partial charge in [-0.1, -0.05) is 47.7 Å². The Morgan fingerprint density at radius 3 is 2.45 bits per heavy atom. The molecule has 0 aliphatic heterocycles. The summed E-state index contributed by atoms with van der Waals surface area (Å²) in [4.78, 5) is 0. The van der Waals surface area contributed by atoms with E-state index >= 15 is 0 Å². The maximum Gasteiger partial charge on any atom is 0.119 e. The van der Waals surface area contributed by atoms with E-state index in [1.807, 2.05) is 61.5 Å². The molecule has 2 nitrogen and oxygen atoms in total. The summed E-state index contributed by atoms with van der Waals surface area (Å²) in [5, 5.41) is 9.79. The Kier molecular flexibility index (Phi) is 5.23. The highest BCUT2D eigenvalue weighted by Gasteiger charge is 2.00. The first kappa shape index (κ1) is 14.2. The van der Waals surface area contributed by atoms with Crippen molar-refractivity contribution in [2.45, 2.75) is 19.4 Å². The van der Waals surface area contributed by atoms with E-state index in [0.717, 1.165) is 11.3 Å². The monoisotopic (exact) mass is 266 g/mol. The fraction of sp³-hybridized carbons (Fsp3) is 0.222. The zero-order valence-electron chi connectivity index (χ0n) is 11.5. The van der Waals surface area contributed by atoms with Crippen molar-refractivity contribution in [3.8, 4) is 17.6 Å². The topological polar surface area (TPSA) is 29.5 Å². The molecule has 20 heavy (non-hydrogen) atoms. The number of aliphatic hydroxyl groups is 1. The number of ether oxygens (including phenoxy) is 1. The van der Waals surface area contributed by atoms with Crippen LogP contribution in [0.4, 0.5) is 0 Å². The van der Waals surface area contributed by atoms with Crippen LogP contribution in [0.5, 0.6) is 5.75 Å². The van der Waals surface area contributed by atoms with E-state index in [0.29, 0.717) is 13.0 Å². The summed E-state index contributed by atoms with van der Waals surface area (Å²) in [5.74, 6) is 6.61. The van der Waals surface area contributed by atoms with Crippen molar-refractivity contribution in [2.24, 2.45) is 0 Å². The van der Waals surface area contributed by atoms with Gasteiger partial charge in [0, 0.05) is 12.0 Å². The van der Waals surface area contributed by atoms with Crippen molar-refractivity contribution < 1.29 is 9.84 Å². The van der Waals surface area contributed by atoms with Gasteiger partial charge in [-0.2, -0.15) is 0 Å². The normalized spacial score (nSPS) is 11.3. The van der Waals surface area contributed by atoms with Gasteiger partial charge in [0.2, 0.25) is 0 Å². The Balaban J connectivity index is 1.78. The molecular weight excluding hydrogens is 248 g/mol. The summed E-state index contributed by atoms with van der Waals surface area (Å²) >= 11 is 0. The Hall–Kier alpha value is -2.24. The lowest BCUT2D eigenvalue weighted by molar-refractivity contribution is 0.185. The quantitative estimate of drug-likeness (QED) is 0.861. The van der Waals surface area contributed by atoms with Crippen LogP contribution >= 0.6 is 0 Å². The van der Waals surface area contributed by atoms with Crippen LogP contribution in [0, 0.1) is 18.8 Å². The highest BCUT2D eigenvalue weighted by molar-refractivity contribution is 5.36. The van der Waals surface area contributed by atoms with Crippen molar-refractivity contribution in [2.75, 3.05) is 6.61 Å². The molecule has 0 saturated heterocycles. The van der Waals surface area contributed by atoms with Crippen LogP contribution in [-0.2, 0) is 0 Å². The maximum atomic E-state index is 9.79. The average Bonchev–Trinajstić information content (AvgIpc) is 2.48. The Morgan fingerprint density at radius 1 is 1.05 bits per heavy atom. The maximum absolute atomic E-state index is 9.79. The Morgan fingerprint density at radius 2 is 1.75 bits per heavy atom. The van der Waals surface area contributed by atoms with Gasteiger partial charge in [0.1, 0.15) is 11.9 Å². The number of aryl methyl sites for hydroxylation is 1. The molecule has 0 spiro atoms. The van der Waals surface area contributed by atoms with Gasteiger partial charge in [-0.05, 0) is 31.2 Å². The molecule has 0 radical (unpaired) electrons. The van der Waals surface area contributed by atoms with Crippen LogP contribution in [0.3, 0.4) is 0 Å². The molecule has 2 aromatic rings. The smallest absolute Gasteiger partial charge is 0.119 e. The van der Waals surface area contributed by atoms with Crippen LogP contribution < -0.4 is 4.74 Å². The summed E-state index contributed by atoms with van der Waals surface area (Å²) in [6.07, 6.45) is -0.173. The lowest BCUT2D eigenvalue weighted by atomic mass is 10.1. The minimum Gasteiger partial charge on any atom is -0.493 e. The second-order valence-electron chi connectivity index (χ2n) is 4.60. The van der Waals surface area contributed by atoms with E-state index in [1.54, 1.807) is 0 Å². The molecule has 0 fully saturated rings. The lowest BCUT2D eigenvalue weighted by Gasteiger charge is -2.06. The zero-order valence-corrected chi connectivity index (χ0v) is 11.5. The number of para-hydroxylation sites is 1. The van der Waals surface area contributed by atoms with Crippen molar-refractivity contribution in [1.29, 1.82) is 0 Å². The van der Waals surface area contributed by atoms with Crippen molar-refractivity contribution >= 4 is 0 Å². The summed E-state index contributed by atoms with van der Waals surface area (Å²) in [6, 6.07) is 17.5. The molecule has 2 heteroatoms.